The Bertz CT molecular complexity index is 704. The van der Waals surface area contributed by atoms with Gasteiger partial charge in [-0.3, -0.25) is 4.99 Å². The van der Waals surface area contributed by atoms with Gasteiger partial charge >= 0.3 is 0 Å². The molecule has 2 aromatic carbocycles. The Morgan fingerprint density at radius 2 is 2.00 bits per heavy atom. The molecule has 0 spiro atoms. The summed E-state index contributed by atoms with van der Waals surface area (Å²) in [6.45, 7) is 3.20. The topological polar surface area (TPSA) is 54.9 Å². The number of rotatable bonds is 6. The monoisotopic (exact) mass is 391 g/mol. The first-order chi connectivity index (χ1) is 11.7. The molecule has 5 nitrogen and oxygen atoms in total. The summed E-state index contributed by atoms with van der Waals surface area (Å²) in [5.41, 5.74) is 2.04. The van der Waals surface area contributed by atoms with E-state index in [0.717, 1.165) is 15.7 Å². The van der Waals surface area contributed by atoms with Gasteiger partial charge < -0.3 is 20.1 Å². The van der Waals surface area contributed by atoms with Gasteiger partial charge in [-0.05, 0) is 36.8 Å². The van der Waals surface area contributed by atoms with Crippen LogP contribution >= 0.6 is 15.9 Å². The molecule has 6 heteroatoms. The Morgan fingerprint density at radius 3 is 2.67 bits per heavy atom. The SMILES string of the molecule is CCOc1cc(NC(=NC)NCc2cccc(Br)c2)ccc1OC. The second kappa shape index (κ2) is 9.17. The van der Waals surface area contributed by atoms with Gasteiger partial charge in [0, 0.05) is 29.8 Å². The highest BCUT2D eigenvalue weighted by Crippen LogP contribution is 2.30. The molecule has 0 amide bonds. The lowest BCUT2D eigenvalue weighted by Gasteiger charge is -2.15. The van der Waals surface area contributed by atoms with E-state index in [0.29, 0.717) is 30.6 Å². The van der Waals surface area contributed by atoms with Crippen molar-refractivity contribution in [3.8, 4) is 11.5 Å². The third kappa shape index (κ3) is 5.16. The predicted octanol–water partition coefficient (Wildman–Crippen LogP) is 4.04. The van der Waals surface area contributed by atoms with Gasteiger partial charge in [0.15, 0.2) is 17.5 Å². The maximum absolute atomic E-state index is 5.60. The molecule has 0 aliphatic rings. The number of guanidine groups is 1. The lowest BCUT2D eigenvalue weighted by molar-refractivity contribution is 0.311. The maximum atomic E-state index is 5.60. The van der Waals surface area contributed by atoms with Crippen LogP contribution in [0.5, 0.6) is 11.5 Å². The fourth-order valence-corrected chi connectivity index (χ4v) is 2.62. The summed E-state index contributed by atoms with van der Waals surface area (Å²) in [5.74, 6) is 2.09. The van der Waals surface area contributed by atoms with Crippen molar-refractivity contribution in [3.63, 3.8) is 0 Å². The van der Waals surface area contributed by atoms with Crippen LogP contribution in [0.4, 0.5) is 5.69 Å². The molecule has 24 heavy (non-hydrogen) atoms. The number of methoxy groups -OCH3 is 1. The standard InChI is InChI=1S/C18H22BrN3O2/c1-4-24-17-11-15(8-9-16(17)23-3)22-18(20-2)21-12-13-6-5-7-14(19)10-13/h5-11H,4,12H2,1-3H3,(H2,20,21,22). The lowest BCUT2D eigenvalue weighted by Crippen LogP contribution is -2.30. The Hall–Kier alpha value is -2.21. The van der Waals surface area contributed by atoms with E-state index in [1.54, 1.807) is 14.2 Å². The molecular formula is C18H22BrN3O2. The van der Waals surface area contributed by atoms with E-state index in [9.17, 15) is 0 Å². The van der Waals surface area contributed by atoms with Crippen molar-refractivity contribution in [2.45, 2.75) is 13.5 Å². The summed E-state index contributed by atoms with van der Waals surface area (Å²) in [6, 6.07) is 13.8. The highest BCUT2D eigenvalue weighted by molar-refractivity contribution is 9.10. The number of benzene rings is 2. The van der Waals surface area contributed by atoms with E-state index >= 15 is 0 Å². The van der Waals surface area contributed by atoms with Crippen molar-refractivity contribution < 1.29 is 9.47 Å². The molecule has 2 N–H and O–H groups in total. The summed E-state index contributed by atoms with van der Waals surface area (Å²) in [7, 11) is 3.37. The number of nitrogens with zero attached hydrogens (tertiary/aromatic N) is 1. The first-order valence-corrected chi connectivity index (χ1v) is 8.48. The molecule has 0 aliphatic heterocycles. The van der Waals surface area contributed by atoms with Crippen LogP contribution in [0.2, 0.25) is 0 Å². The Morgan fingerprint density at radius 1 is 1.17 bits per heavy atom. The van der Waals surface area contributed by atoms with Gasteiger partial charge in [-0.1, -0.05) is 28.1 Å². The molecule has 2 rings (SSSR count). The molecule has 0 bridgehead atoms. The largest absolute Gasteiger partial charge is 0.493 e. The molecular weight excluding hydrogens is 370 g/mol. The molecule has 0 saturated carbocycles. The molecule has 128 valence electrons. The van der Waals surface area contributed by atoms with Crippen LogP contribution < -0.4 is 20.1 Å². The normalized spacial score (nSPS) is 11.1. The Labute approximate surface area is 151 Å². The minimum absolute atomic E-state index is 0.579. The van der Waals surface area contributed by atoms with Crippen molar-refractivity contribution >= 4 is 27.6 Å². The van der Waals surface area contributed by atoms with Crippen molar-refractivity contribution in [3.05, 3.63) is 52.5 Å². The van der Waals surface area contributed by atoms with E-state index in [1.165, 1.54) is 0 Å². The second-order valence-electron chi connectivity index (χ2n) is 4.98. The molecule has 2 aromatic rings. The summed E-state index contributed by atoms with van der Waals surface area (Å²) in [5, 5.41) is 6.54. The van der Waals surface area contributed by atoms with Gasteiger partial charge in [-0.25, -0.2) is 0 Å². The average molecular weight is 392 g/mol. The van der Waals surface area contributed by atoms with Crippen LogP contribution in [0.3, 0.4) is 0 Å². The Balaban J connectivity index is 2.03. The van der Waals surface area contributed by atoms with E-state index in [2.05, 4.69) is 43.7 Å². The van der Waals surface area contributed by atoms with Crippen LogP contribution in [0.25, 0.3) is 0 Å². The van der Waals surface area contributed by atoms with Gasteiger partial charge in [0.1, 0.15) is 0 Å². The highest BCUT2D eigenvalue weighted by atomic mass is 79.9. The molecule has 0 aliphatic carbocycles. The number of hydrogen-bond acceptors (Lipinski definition) is 3. The fraction of sp³-hybridized carbons (Fsp3) is 0.278. The smallest absolute Gasteiger partial charge is 0.195 e. The fourth-order valence-electron chi connectivity index (χ4n) is 2.17. The average Bonchev–Trinajstić information content (AvgIpc) is 2.59. The van der Waals surface area contributed by atoms with Crippen LogP contribution in [0, 0.1) is 0 Å². The first-order valence-electron chi connectivity index (χ1n) is 7.69. The summed E-state index contributed by atoms with van der Waals surface area (Å²) < 4.78 is 12.0. The number of hydrogen-bond donors (Lipinski definition) is 2. The summed E-state index contributed by atoms with van der Waals surface area (Å²) >= 11 is 3.48. The van der Waals surface area contributed by atoms with Crippen molar-refractivity contribution in [1.82, 2.24) is 5.32 Å². The van der Waals surface area contributed by atoms with Gasteiger partial charge in [0.05, 0.1) is 13.7 Å². The molecule has 0 fully saturated rings. The molecule has 0 radical (unpaired) electrons. The van der Waals surface area contributed by atoms with Crippen LogP contribution in [-0.4, -0.2) is 26.7 Å². The third-order valence-corrected chi connectivity index (χ3v) is 3.79. The molecule has 0 aromatic heterocycles. The summed E-state index contributed by atoms with van der Waals surface area (Å²) in [6.07, 6.45) is 0. The number of aliphatic imine (C=N–C) groups is 1. The van der Waals surface area contributed by atoms with Gasteiger partial charge in [0.25, 0.3) is 0 Å². The minimum atomic E-state index is 0.579. The van der Waals surface area contributed by atoms with Gasteiger partial charge in [-0.2, -0.15) is 0 Å². The molecule has 0 heterocycles. The lowest BCUT2D eigenvalue weighted by atomic mass is 10.2. The number of ether oxygens (including phenoxy) is 2. The Kier molecular flexibility index (Phi) is 6.93. The summed E-state index contributed by atoms with van der Waals surface area (Å²) in [4.78, 5) is 4.25. The van der Waals surface area contributed by atoms with E-state index < -0.39 is 0 Å². The zero-order valence-corrected chi connectivity index (χ0v) is 15.7. The quantitative estimate of drug-likeness (QED) is 0.576. The molecule has 0 atom stereocenters. The molecule has 0 unspecified atom stereocenters. The second-order valence-corrected chi connectivity index (χ2v) is 5.90. The van der Waals surface area contributed by atoms with E-state index in [4.69, 9.17) is 9.47 Å². The van der Waals surface area contributed by atoms with Crippen molar-refractivity contribution in [2.75, 3.05) is 26.1 Å². The van der Waals surface area contributed by atoms with E-state index in [-0.39, 0.29) is 0 Å². The van der Waals surface area contributed by atoms with Crippen LogP contribution in [-0.2, 0) is 6.54 Å². The zero-order valence-electron chi connectivity index (χ0n) is 14.1. The minimum Gasteiger partial charge on any atom is -0.493 e. The van der Waals surface area contributed by atoms with Crippen LogP contribution in [0.15, 0.2) is 51.9 Å². The number of nitrogens with one attached hydrogen (secondary N) is 2. The van der Waals surface area contributed by atoms with Crippen LogP contribution in [0.1, 0.15) is 12.5 Å². The zero-order chi connectivity index (χ0) is 17.4. The highest BCUT2D eigenvalue weighted by Gasteiger charge is 2.07. The number of halogens is 1. The van der Waals surface area contributed by atoms with E-state index in [1.807, 2.05) is 37.3 Å². The van der Waals surface area contributed by atoms with Gasteiger partial charge in [-0.15, -0.1) is 0 Å². The third-order valence-electron chi connectivity index (χ3n) is 3.30. The number of anilines is 1. The molecule has 0 saturated heterocycles. The van der Waals surface area contributed by atoms with Crippen molar-refractivity contribution in [1.29, 1.82) is 0 Å². The maximum Gasteiger partial charge on any atom is 0.195 e. The first kappa shape index (κ1) is 18.1. The van der Waals surface area contributed by atoms with Gasteiger partial charge in [0.2, 0.25) is 0 Å². The predicted molar refractivity (Wildman–Crippen MR) is 102 cm³/mol. The van der Waals surface area contributed by atoms with Crippen molar-refractivity contribution in [2.24, 2.45) is 4.99 Å².